The molecule has 0 amide bonds. The molecular weight excluding hydrogens is 301 g/mol. The number of nitrogens with one attached hydrogen (secondary N) is 1. The Bertz CT molecular complexity index is 445. The van der Waals surface area contributed by atoms with E-state index >= 15 is 0 Å². The number of carboxylic acids is 1. The minimum absolute atomic E-state index is 0.157. The molecule has 0 bridgehead atoms. The molecule has 0 radical (unpaired) electrons. The average Bonchev–Trinajstić information content (AvgIpc) is 2.34. The summed E-state index contributed by atoms with van der Waals surface area (Å²) in [7, 11) is 0. The van der Waals surface area contributed by atoms with E-state index in [0.717, 1.165) is 17.3 Å². The second-order valence-corrected chi connectivity index (χ2v) is 5.57. The second-order valence-electron chi connectivity index (χ2n) is 4.66. The first kappa shape index (κ1) is 13.3. The number of carboxylic acid groups (broad SMARTS) is 1. The quantitative estimate of drug-likeness (QED) is 0.895. The van der Waals surface area contributed by atoms with Gasteiger partial charge in [-0.15, -0.1) is 0 Å². The van der Waals surface area contributed by atoms with E-state index in [1.165, 1.54) is 6.07 Å². The largest absolute Gasteiger partial charge is 0.481 e. The van der Waals surface area contributed by atoms with Crippen LogP contribution in [0.2, 0.25) is 0 Å². The Morgan fingerprint density at radius 2 is 2.00 bits per heavy atom. The first-order chi connectivity index (χ1) is 8.56. The molecule has 2 rings (SSSR count). The Morgan fingerprint density at radius 3 is 2.61 bits per heavy atom. The summed E-state index contributed by atoms with van der Waals surface area (Å²) in [6, 6.07) is 4.93. The van der Waals surface area contributed by atoms with Gasteiger partial charge in [-0.3, -0.25) is 4.79 Å². The molecule has 1 aliphatic carbocycles. The smallest absolute Gasteiger partial charge is 0.306 e. The zero-order valence-electron chi connectivity index (χ0n) is 9.83. The zero-order valence-corrected chi connectivity index (χ0v) is 11.4. The first-order valence-corrected chi connectivity index (χ1v) is 6.80. The minimum Gasteiger partial charge on any atom is -0.481 e. The normalized spacial score (nSPS) is 23.7. The van der Waals surface area contributed by atoms with E-state index in [2.05, 4.69) is 21.2 Å². The van der Waals surface area contributed by atoms with Crippen molar-refractivity contribution in [1.82, 2.24) is 0 Å². The van der Waals surface area contributed by atoms with Crippen LogP contribution in [-0.2, 0) is 4.79 Å². The van der Waals surface area contributed by atoms with Gasteiger partial charge in [0.2, 0.25) is 0 Å². The van der Waals surface area contributed by atoms with Crippen LogP contribution in [-0.4, -0.2) is 17.1 Å². The lowest BCUT2D eigenvalue weighted by atomic mass is 9.86. The third kappa shape index (κ3) is 3.22. The van der Waals surface area contributed by atoms with Crippen molar-refractivity contribution in [2.45, 2.75) is 31.7 Å². The molecule has 0 aromatic heterocycles. The van der Waals surface area contributed by atoms with Crippen molar-refractivity contribution in [3.63, 3.8) is 0 Å². The van der Waals surface area contributed by atoms with Gasteiger partial charge in [-0.25, -0.2) is 4.39 Å². The Balaban J connectivity index is 1.95. The zero-order chi connectivity index (χ0) is 13.1. The molecule has 0 atom stereocenters. The second kappa shape index (κ2) is 5.69. The average molecular weight is 316 g/mol. The van der Waals surface area contributed by atoms with E-state index in [4.69, 9.17) is 5.11 Å². The van der Waals surface area contributed by atoms with Crippen LogP contribution in [0, 0.1) is 11.7 Å². The summed E-state index contributed by atoms with van der Waals surface area (Å²) in [5.41, 5.74) is 0.475. The van der Waals surface area contributed by atoms with Crippen LogP contribution in [0.25, 0.3) is 0 Å². The highest BCUT2D eigenvalue weighted by atomic mass is 79.9. The summed E-state index contributed by atoms with van der Waals surface area (Å²) >= 11 is 3.31. The number of benzene rings is 1. The fourth-order valence-electron chi connectivity index (χ4n) is 2.31. The van der Waals surface area contributed by atoms with Crippen LogP contribution >= 0.6 is 15.9 Å². The van der Waals surface area contributed by atoms with Crippen LogP contribution in [0.15, 0.2) is 22.7 Å². The van der Waals surface area contributed by atoms with Crippen molar-refractivity contribution < 1.29 is 14.3 Å². The molecule has 0 unspecified atom stereocenters. The Kier molecular flexibility index (Phi) is 4.22. The van der Waals surface area contributed by atoms with Gasteiger partial charge in [-0.1, -0.05) is 15.9 Å². The van der Waals surface area contributed by atoms with E-state index in [0.29, 0.717) is 18.5 Å². The molecule has 0 saturated heterocycles. The maximum absolute atomic E-state index is 13.6. The minimum atomic E-state index is -0.720. The van der Waals surface area contributed by atoms with E-state index in [1.54, 1.807) is 12.1 Å². The van der Waals surface area contributed by atoms with Gasteiger partial charge in [-0.05, 0) is 43.9 Å². The van der Waals surface area contributed by atoms with Crippen LogP contribution in [0.4, 0.5) is 10.1 Å². The lowest BCUT2D eigenvalue weighted by Gasteiger charge is -2.27. The van der Waals surface area contributed by atoms with E-state index < -0.39 is 5.97 Å². The number of carbonyl (C=O) groups is 1. The predicted molar refractivity (Wildman–Crippen MR) is 71.1 cm³/mol. The molecule has 0 spiro atoms. The Labute approximate surface area is 114 Å². The van der Waals surface area contributed by atoms with Crippen molar-refractivity contribution in [2.24, 2.45) is 5.92 Å². The SMILES string of the molecule is O=C(O)C1CCC(Nc2cc(Br)ccc2F)CC1. The molecule has 1 fully saturated rings. The maximum Gasteiger partial charge on any atom is 0.306 e. The van der Waals surface area contributed by atoms with Crippen molar-refractivity contribution >= 4 is 27.6 Å². The topological polar surface area (TPSA) is 49.3 Å². The summed E-state index contributed by atoms with van der Waals surface area (Å²) in [4.78, 5) is 10.8. The molecule has 3 nitrogen and oxygen atoms in total. The number of hydrogen-bond acceptors (Lipinski definition) is 2. The first-order valence-electron chi connectivity index (χ1n) is 6.00. The summed E-state index contributed by atoms with van der Waals surface area (Å²) < 4.78 is 14.4. The number of rotatable bonds is 3. The van der Waals surface area contributed by atoms with Crippen molar-refractivity contribution in [2.75, 3.05) is 5.32 Å². The number of halogens is 2. The molecule has 0 aliphatic heterocycles. The number of aliphatic carboxylic acids is 1. The predicted octanol–water partition coefficient (Wildman–Crippen LogP) is 3.64. The van der Waals surface area contributed by atoms with E-state index in [9.17, 15) is 9.18 Å². The number of hydrogen-bond donors (Lipinski definition) is 2. The van der Waals surface area contributed by atoms with Crippen LogP contribution in [0.3, 0.4) is 0 Å². The van der Waals surface area contributed by atoms with Gasteiger partial charge in [0.25, 0.3) is 0 Å². The molecule has 0 heterocycles. The molecule has 18 heavy (non-hydrogen) atoms. The van der Waals surface area contributed by atoms with Gasteiger partial charge in [0.05, 0.1) is 11.6 Å². The summed E-state index contributed by atoms with van der Waals surface area (Å²) in [5.74, 6) is -1.24. The highest BCUT2D eigenvalue weighted by Crippen LogP contribution is 2.28. The fourth-order valence-corrected chi connectivity index (χ4v) is 2.67. The fraction of sp³-hybridized carbons (Fsp3) is 0.462. The highest BCUT2D eigenvalue weighted by Gasteiger charge is 2.26. The van der Waals surface area contributed by atoms with Gasteiger partial charge in [0.15, 0.2) is 0 Å². The van der Waals surface area contributed by atoms with Crippen LogP contribution in [0.5, 0.6) is 0 Å². The lowest BCUT2D eigenvalue weighted by Crippen LogP contribution is -2.29. The maximum atomic E-state index is 13.6. The van der Waals surface area contributed by atoms with Crippen molar-refractivity contribution in [3.8, 4) is 0 Å². The summed E-state index contributed by atoms with van der Waals surface area (Å²) in [6.07, 6.45) is 2.84. The third-order valence-electron chi connectivity index (χ3n) is 3.36. The lowest BCUT2D eigenvalue weighted by molar-refractivity contribution is -0.142. The van der Waals surface area contributed by atoms with Crippen LogP contribution in [0.1, 0.15) is 25.7 Å². The van der Waals surface area contributed by atoms with Gasteiger partial charge < -0.3 is 10.4 Å². The monoisotopic (exact) mass is 315 g/mol. The molecular formula is C13H15BrFNO2. The van der Waals surface area contributed by atoms with E-state index in [-0.39, 0.29) is 17.8 Å². The summed E-state index contributed by atoms with van der Waals surface area (Å²) in [5, 5.41) is 12.1. The molecule has 1 aliphatic rings. The van der Waals surface area contributed by atoms with Gasteiger partial charge in [0, 0.05) is 10.5 Å². The molecule has 2 N–H and O–H groups in total. The number of anilines is 1. The molecule has 98 valence electrons. The van der Waals surface area contributed by atoms with Crippen molar-refractivity contribution in [1.29, 1.82) is 0 Å². The Morgan fingerprint density at radius 1 is 1.33 bits per heavy atom. The molecule has 1 aromatic rings. The van der Waals surface area contributed by atoms with E-state index in [1.807, 2.05) is 0 Å². The third-order valence-corrected chi connectivity index (χ3v) is 3.86. The van der Waals surface area contributed by atoms with Gasteiger partial charge in [-0.2, -0.15) is 0 Å². The summed E-state index contributed by atoms with van der Waals surface area (Å²) in [6.45, 7) is 0. The highest BCUT2D eigenvalue weighted by molar-refractivity contribution is 9.10. The van der Waals surface area contributed by atoms with Crippen molar-refractivity contribution in [3.05, 3.63) is 28.5 Å². The molecule has 1 aromatic carbocycles. The van der Waals surface area contributed by atoms with Crippen LogP contribution < -0.4 is 5.32 Å². The van der Waals surface area contributed by atoms with Gasteiger partial charge >= 0.3 is 5.97 Å². The molecule has 1 saturated carbocycles. The van der Waals surface area contributed by atoms with Gasteiger partial charge in [0.1, 0.15) is 5.82 Å². The Hall–Kier alpha value is -1.10. The standard InChI is InChI=1S/C13H15BrFNO2/c14-9-3-6-11(15)12(7-9)16-10-4-1-8(2-5-10)13(17)18/h3,6-8,10,16H,1-2,4-5H2,(H,17,18). The molecule has 5 heteroatoms.